The Morgan fingerprint density at radius 1 is 0.842 bits per heavy atom. The van der Waals surface area contributed by atoms with Crippen LogP contribution in [-0.2, 0) is 21.6 Å². The predicted octanol–water partition coefficient (Wildman–Crippen LogP) is 2.69. The molecule has 114 valence electrons. The Bertz CT molecular complexity index is 317. The maximum Gasteiger partial charge on any atom is 0.386 e. The molecule has 0 aliphatic carbocycles. The fourth-order valence-electron chi connectivity index (χ4n) is 2.16. The lowest BCUT2D eigenvalue weighted by atomic mass is 10.9. The summed E-state index contributed by atoms with van der Waals surface area (Å²) in [7, 11) is -8.13. The van der Waals surface area contributed by atoms with E-state index in [-0.39, 0.29) is 5.97 Å². The maximum atomic E-state index is 11.1. The van der Waals surface area contributed by atoms with Crippen LogP contribution in [0.2, 0.25) is 52.4 Å². The van der Waals surface area contributed by atoms with Gasteiger partial charge in [-0.05, 0) is 52.4 Å². The highest BCUT2D eigenvalue weighted by molar-refractivity contribution is 6.86. The molecule has 0 aliphatic rings. The summed E-state index contributed by atoms with van der Waals surface area (Å²) in [6.07, 6.45) is 0. The summed E-state index contributed by atoms with van der Waals surface area (Å²) in [6.45, 7) is 17.4. The van der Waals surface area contributed by atoms with Crippen molar-refractivity contribution >= 4 is 40.7 Å². The van der Waals surface area contributed by atoms with Crippen molar-refractivity contribution < 1.29 is 21.6 Å². The van der Waals surface area contributed by atoms with Crippen molar-refractivity contribution in [3.05, 3.63) is 0 Å². The molecular weight excluding hydrogens is 312 g/mol. The first kappa shape index (κ1) is 19.2. The second-order valence-electron chi connectivity index (χ2n) is 6.16. The molecule has 0 amide bonds. The second kappa shape index (κ2) is 6.78. The lowest BCUT2D eigenvalue weighted by Gasteiger charge is -2.37. The Balaban J connectivity index is 4.66. The quantitative estimate of drug-likeness (QED) is 0.667. The van der Waals surface area contributed by atoms with E-state index < -0.39 is 34.7 Å². The van der Waals surface area contributed by atoms with Crippen LogP contribution in [0.1, 0.15) is 6.92 Å². The summed E-state index contributed by atoms with van der Waals surface area (Å²) < 4.78 is 23.5. The Labute approximate surface area is 122 Å². The first-order chi connectivity index (χ1) is 8.25. The Morgan fingerprint density at radius 3 is 1.63 bits per heavy atom. The van der Waals surface area contributed by atoms with Crippen molar-refractivity contribution in [2.24, 2.45) is 0 Å². The molecule has 0 spiro atoms. The molecule has 0 fully saturated rings. The summed E-state index contributed by atoms with van der Waals surface area (Å²) in [6, 6.07) is 0. The largest absolute Gasteiger partial charge is 0.495 e. The zero-order valence-corrected chi connectivity index (χ0v) is 17.8. The molecule has 0 saturated carbocycles. The summed E-state index contributed by atoms with van der Waals surface area (Å²) in [4.78, 5) is 11.1. The van der Waals surface area contributed by atoms with E-state index in [0.29, 0.717) is 0 Å². The SMILES string of the molecule is CC(=O)O[Si](C)(C)O[Si](C)(C)O[Si](C)(C)O[SiH](C)C. The van der Waals surface area contributed by atoms with Gasteiger partial charge in [-0.25, -0.2) is 0 Å². The minimum absolute atomic E-state index is 0.302. The molecule has 0 radical (unpaired) electrons. The van der Waals surface area contributed by atoms with Crippen molar-refractivity contribution in [1.29, 1.82) is 0 Å². The van der Waals surface area contributed by atoms with Crippen LogP contribution in [0.15, 0.2) is 0 Å². The van der Waals surface area contributed by atoms with E-state index in [9.17, 15) is 4.79 Å². The van der Waals surface area contributed by atoms with E-state index in [0.717, 1.165) is 0 Å². The van der Waals surface area contributed by atoms with Gasteiger partial charge in [-0.3, -0.25) is 4.79 Å². The van der Waals surface area contributed by atoms with Gasteiger partial charge < -0.3 is 16.8 Å². The van der Waals surface area contributed by atoms with Gasteiger partial charge in [0, 0.05) is 6.92 Å². The van der Waals surface area contributed by atoms with Gasteiger partial charge in [-0.1, -0.05) is 0 Å². The third-order valence-electron chi connectivity index (χ3n) is 1.89. The minimum Gasteiger partial charge on any atom is -0.495 e. The summed E-state index contributed by atoms with van der Waals surface area (Å²) in [5.41, 5.74) is 0. The minimum atomic E-state index is -2.48. The van der Waals surface area contributed by atoms with Crippen molar-refractivity contribution in [2.45, 2.75) is 59.3 Å². The van der Waals surface area contributed by atoms with Crippen molar-refractivity contribution in [3.8, 4) is 0 Å². The monoisotopic (exact) mass is 340 g/mol. The molecule has 19 heavy (non-hydrogen) atoms. The van der Waals surface area contributed by atoms with Gasteiger partial charge >= 0.3 is 25.7 Å². The van der Waals surface area contributed by atoms with Gasteiger partial charge in [0.2, 0.25) is 0 Å². The van der Waals surface area contributed by atoms with Crippen LogP contribution in [0.25, 0.3) is 0 Å². The smallest absolute Gasteiger partial charge is 0.386 e. The third-order valence-corrected chi connectivity index (χ3v) is 14.7. The molecule has 0 unspecified atom stereocenters. The highest BCUT2D eigenvalue weighted by Crippen LogP contribution is 2.22. The van der Waals surface area contributed by atoms with E-state index in [1.807, 2.05) is 39.3 Å². The molecule has 0 atom stereocenters. The van der Waals surface area contributed by atoms with Crippen molar-refractivity contribution in [2.75, 3.05) is 0 Å². The lowest BCUT2D eigenvalue weighted by molar-refractivity contribution is -0.133. The number of rotatable bonds is 7. The van der Waals surface area contributed by atoms with E-state index in [4.69, 9.17) is 16.8 Å². The molecule has 5 nitrogen and oxygen atoms in total. The van der Waals surface area contributed by atoms with Gasteiger partial charge in [-0.2, -0.15) is 0 Å². The zero-order valence-electron chi connectivity index (χ0n) is 13.6. The fourth-order valence-corrected chi connectivity index (χ4v) is 18.2. The number of hydrogen-bond donors (Lipinski definition) is 0. The highest BCUT2D eigenvalue weighted by Gasteiger charge is 2.43. The molecule has 0 aromatic rings. The van der Waals surface area contributed by atoms with Crippen LogP contribution in [0.5, 0.6) is 0 Å². The molecule has 9 heteroatoms. The number of carbonyl (C=O) groups is 1. The summed E-state index contributed by atoms with van der Waals surface area (Å²) in [5.74, 6) is -0.302. The molecule has 0 aromatic carbocycles. The van der Waals surface area contributed by atoms with Gasteiger partial charge in [0.05, 0.1) is 0 Å². The van der Waals surface area contributed by atoms with Crippen LogP contribution in [-0.4, -0.2) is 40.7 Å². The molecule has 0 saturated heterocycles. The van der Waals surface area contributed by atoms with Crippen LogP contribution < -0.4 is 0 Å². The van der Waals surface area contributed by atoms with Gasteiger partial charge in [0.15, 0.2) is 9.04 Å². The van der Waals surface area contributed by atoms with Crippen molar-refractivity contribution in [3.63, 3.8) is 0 Å². The first-order valence-electron chi connectivity index (χ1n) is 6.52. The van der Waals surface area contributed by atoms with Gasteiger partial charge in [0.25, 0.3) is 5.97 Å². The number of carbonyl (C=O) groups excluding carboxylic acids is 1. The van der Waals surface area contributed by atoms with E-state index in [1.54, 1.807) is 0 Å². The normalized spacial score (nSPS) is 13.8. The average Bonchev–Trinajstić information content (AvgIpc) is 1.89. The Kier molecular flexibility index (Phi) is 6.86. The molecule has 0 aliphatic heterocycles. The van der Waals surface area contributed by atoms with Crippen LogP contribution in [0.3, 0.4) is 0 Å². The fraction of sp³-hybridized carbons (Fsp3) is 0.900. The summed E-state index contributed by atoms with van der Waals surface area (Å²) in [5, 5.41) is 0. The van der Waals surface area contributed by atoms with E-state index in [2.05, 4.69) is 13.1 Å². The molecule has 0 aromatic heterocycles. The van der Waals surface area contributed by atoms with Crippen LogP contribution in [0.4, 0.5) is 0 Å². The second-order valence-corrected chi connectivity index (χ2v) is 19.4. The first-order valence-corrected chi connectivity index (χ1v) is 17.8. The Morgan fingerprint density at radius 2 is 1.26 bits per heavy atom. The van der Waals surface area contributed by atoms with Crippen LogP contribution >= 0.6 is 0 Å². The van der Waals surface area contributed by atoms with Gasteiger partial charge in [0.1, 0.15) is 0 Å². The summed E-state index contributed by atoms with van der Waals surface area (Å²) >= 11 is 0. The highest BCUT2D eigenvalue weighted by atomic mass is 28.5. The van der Waals surface area contributed by atoms with E-state index >= 15 is 0 Å². The molecule has 0 bridgehead atoms. The van der Waals surface area contributed by atoms with Gasteiger partial charge in [-0.15, -0.1) is 0 Å². The Hall–Kier alpha value is 0.218. The molecular formula is C10H28O5Si4. The average molecular weight is 341 g/mol. The third kappa shape index (κ3) is 9.71. The molecule has 0 N–H and O–H groups in total. The van der Waals surface area contributed by atoms with E-state index in [1.165, 1.54) is 6.92 Å². The molecule has 0 rings (SSSR count). The molecule has 0 heterocycles. The van der Waals surface area contributed by atoms with Crippen molar-refractivity contribution in [1.82, 2.24) is 0 Å². The topological polar surface area (TPSA) is 54.0 Å². The maximum absolute atomic E-state index is 11.1. The lowest BCUT2D eigenvalue weighted by Crippen LogP contribution is -2.55. The number of hydrogen-bond acceptors (Lipinski definition) is 5. The standard InChI is InChI=1S/C10H28O5Si4/c1-10(11)12-17(4,5)14-19(8,9)15-18(6,7)13-16(2)3/h16H,1-9H3. The predicted molar refractivity (Wildman–Crippen MR) is 86.3 cm³/mol. The zero-order chi connectivity index (χ0) is 15.5. The van der Waals surface area contributed by atoms with Crippen LogP contribution in [0, 0.1) is 0 Å².